The number of hydrogen-bond acceptors (Lipinski definition) is 5. The van der Waals surface area contributed by atoms with E-state index >= 15 is 0 Å². The highest BCUT2D eigenvalue weighted by molar-refractivity contribution is 7.12. The van der Waals surface area contributed by atoms with Gasteiger partial charge in [-0.25, -0.2) is 0 Å². The molecule has 1 aromatic heterocycles. The van der Waals surface area contributed by atoms with Crippen molar-refractivity contribution in [2.24, 2.45) is 0 Å². The molecule has 1 N–H and O–H groups in total. The van der Waals surface area contributed by atoms with Crippen LogP contribution in [0.5, 0.6) is 0 Å². The predicted octanol–water partition coefficient (Wildman–Crippen LogP) is 5.08. The van der Waals surface area contributed by atoms with Gasteiger partial charge in [-0.2, -0.15) is 0 Å². The second kappa shape index (κ2) is 7.72. The molecule has 0 saturated carbocycles. The molecule has 25 heavy (non-hydrogen) atoms. The van der Waals surface area contributed by atoms with Crippen LogP contribution in [0, 0.1) is 10.1 Å². The molecule has 1 heterocycles. The van der Waals surface area contributed by atoms with E-state index in [0.717, 1.165) is 16.1 Å². The van der Waals surface area contributed by atoms with E-state index in [-0.39, 0.29) is 17.5 Å². The third kappa shape index (κ3) is 4.30. The van der Waals surface area contributed by atoms with Crippen LogP contribution >= 0.6 is 11.3 Å². The van der Waals surface area contributed by atoms with Gasteiger partial charge in [-0.1, -0.05) is 36.4 Å². The van der Waals surface area contributed by atoms with Crippen LogP contribution in [0.1, 0.15) is 27.7 Å². The van der Waals surface area contributed by atoms with Crippen molar-refractivity contribution in [2.75, 3.05) is 5.32 Å². The first-order valence-electron chi connectivity index (χ1n) is 7.76. The summed E-state index contributed by atoms with van der Waals surface area (Å²) in [6.45, 7) is 0. The number of benzene rings is 2. The molecule has 6 heteroatoms. The van der Waals surface area contributed by atoms with Crippen molar-refractivity contribution in [3.8, 4) is 0 Å². The predicted molar refractivity (Wildman–Crippen MR) is 99.2 cm³/mol. The van der Waals surface area contributed by atoms with Gasteiger partial charge >= 0.3 is 0 Å². The molecule has 0 aliphatic heterocycles. The van der Waals surface area contributed by atoms with Gasteiger partial charge in [-0.15, -0.1) is 11.3 Å². The van der Waals surface area contributed by atoms with Crippen LogP contribution in [0.4, 0.5) is 11.4 Å². The first-order chi connectivity index (χ1) is 12.1. The van der Waals surface area contributed by atoms with Crippen LogP contribution < -0.4 is 5.32 Å². The summed E-state index contributed by atoms with van der Waals surface area (Å²) in [5.41, 5.74) is 1.76. The Hall–Kier alpha value is -2.99. The smallest absolute Gasteiger partial charge is 0.269 e. The summed E-state index contributed by atoms with van der Waals surface area (Å²) in [6, 6.07) is 19.4. The molecule has 0 fully saturated rings. The van der Waals surface area contributed by atoms with E-state index < -0.39 is 4.92 Å². The zero-order chi connectivity index (χ0) is 17.6. The minimum absolute atomic E-state index is 0.0384. The standard InChI is InChI=1S/C19H16N2O3S/c22-18(19-7-4-12-25-19)13-17(14-5-2-1-3-6-14)20-15-8-10-16(11-9-15)21(23)24/h1-12,17,20H,13H2. The molecule has 3 rings (SSSR count). The number of rotatable bonds is 7. The van der Waals surface area contributed by atoms with Gasteiger partial charge in [-0.3, -0.25) is 14.9 Å². The van der Waals surface area contributed by atoms with E-state index in [2.05, 4.69) is 5.32 Å². The van der Waals surface area contributed by atoms with Crippen molar-refractivity contribution in [3.63, 3.8) is 0 Å². The lowest BCUT2D eigenvalue weighted by Gasteiger charge is -2.19. The lowest BCUT2D eigenvalue weighted by atomic mass is 10.0. The number of anilines is 1. The largest absolute Gasteiger partial charge is 0.378 e. The Morgan fingerprint density at radius 2 is 1.76 bits per heavy atom. The van der Waals surface area contributed by atoms with Crippen LogP contribution in [0.2, 0.25) is 0 Å². The molecular formula is C19H16N2O3S. The number of Topliss-reactive ketones (excluding diaryl/α,β-unsaturated/α-hetero) is 1. The lowest BCUT2D eigenvalue weighted by molar-refractivity contribution is -0.384. The van der Waals surface area contributed by atoms with Crippen molar-refractivity contribution >= 4 is 28.5 Å². The minimum atomic E-state index is -0.432. The molecule has 0 radical (unpaired) electrons. The van der Waals surface area contributed by atoms with Crippen LogP contribution in [0.15, 0.2) is 72.1 Å². The summed E-state index contributed by atoms with van der Waals surface area (Å²) >= 11 is 1.43. The van der Waals surface area contributed by atoms with E-state index in [1.54, 1.807) is 12.1 Å². The van der Waals surface area contributed by atoms with E-state index in [1.807, 2.05) is 47.8 Å². The fourth-order valence-electron chi connectivity index (χ4n) is 2.54. The van der Waals surface area contributed by atoms with Gasteiger partial charge in [0.05, 0.1) is 15.8 Å². The van der Waals surface area contributed by atoms with Crippen LogP contribution in [0.25, 0.3) is 0 Å². The summed E-state index contributed by atoms with van der Waals surface area (Å²) < 4.78 is 0. The highest BCUT2D eigenvalue weighted by Gasteiger charge is 2.18. The summed E-state index contributed by atoms with van der Waals surface area (Å²) in [5, 5.41) is 16.0. The van der Waals surface area contributed by atoms with E-state index in [4.69, 9.17) is 0 Å². The summed E-state index contributed by atoms with van der Waals surface area (Å²) in [7, 11) is 0. The van der Waals surface area contributed by atoms with Crippen molar-refractivity contribution in [1.29, 1.82) is 0 Å². The number of nitrogens with one attached hydrogen (secondary N) is 1. The highest BCUT2D eigenvalue weighted by Crippen LogP contribution is 2.26. The monoisotopic (exact) mass is 352 g/mol. The fourth-order valence-corrected chi connectivity index (χ4v) is 3.22. The molecule has 2 aromatic carbocycles. The quantitative estimate of drug-likeness (QED) is 0.365. The molecule has 3 aromatic rings. The summed E-state index contributed by atoms with van der Waals surface area (Å²) in [6.07, 6.45) is 0.307. The maximum atomic E-state index is 12.5. The number of hydrogen-bond donors (Lipinski definition) is 1. The second-order valence-electron chi connectivity index (χ2n) is 5.52. The van der Waals surface area contributed by atoms with Gasteiger partial charge in [0, 0.05) is 24.2 Å². The number of nitro groups is 1. The molecule has 126 valence electrons. The van der Waals surface area contributed by atoms with E-state index in [0.29, 0.717) is 6.42 Å². The molecule has 5 nitrogen and oxygen atoms in total. The van der Waals surface area contributed by atoms with Crippen molar-refractivity contribution in [1.82, 2.24) is 0 Å². The van der Waals surface area contributed by atoms with Crippen LogP contribution in [0.3, 0.4) is 0 Å². The third-order valence-corrected chi connectivity index (χ3v) is 4.72. The topological polar surface area (TPSA) is 72.2 Å². The molecular weight excluding hydrogens is 336 g/mol. The Morgan fingerprint density at radius 3 is 2.36 bits per heavy atom. The number of carbonyl (C=O) groups is 1. The van der Waals surface area contributed by atoms with Gasteiger partial charge in [0.15, 0.2) is 5.78 Å². The summed E-state index contributed by atoms with van der Waals surface area (Å²) in [4.78, 5) is 23.6. The zero-order valence-electron chi connectivity index (χ0n) is 13.3. The minimum Gasteiger partial charge on any atom is -0.378 e. The second-order valence-corrected chi connectivity index (χ2v) is 6.46. The molecule has 1 atom stereocenters. The Labute approximate surface area is 149 Å². The van der Waals surface area contributed by atoms with Crippen LogP contribution in [-0.2, 0) is 0 Å². The number of carbonyl (C=O) groups excluding carboxylic acids is 1. The number of non-ortho nitro benzene ring substituents is 1. The maximum absolute atomic E-state index is 12.5. The normalized spacial score (nSPS) is 11.7. The zero-order valence-corrected chi connectivity index (χ0v) is 14.1. The fraction of sp³-hybridized carbons (Fsp3) is 0.105. The van der Waals surface area contributed by atoms with Gasteiger partial charge in [0.2, 0.25) is 0 Å². The number of nitro benzene ring substituents is 1. The molecule has 0 saturated heterocycles. The maximum Gasteiger partial charge on any atom is 0.269 e. The van der Waals surface area contributed by atoms with Crippen molar-refractivity contribution in [2.45, 2.75) is 12.5 Å². The molecule has 0 aliphatic rings. The lowest BCUT2D eigenvalue weighted by Crippen LogP contribution is -2.15. The van der Waals surface area contributed by atoms with Crippen molar-refractivity contribution in [3.05, 3.63) is 92.7 Å². The first kappa shape index (κ1) is 16.9. The molecule has 0 aliphatic carbocycles. The molecule has 0 spiro atoms. The van der Waals surface area contributed by atoms with Gasteiger partial charge in [0.1, 0.15) is 0 Å². The molecule has 1 unspecified atom stereocenters. The SMILES string of the molecule is O=C(CC(Nc1ccc([N+](=O)[O-])cc1)c1ccccc1)c1cccs1. The highest BCUT2D eigenvalue weighted by atomic mass is 32.1. The van der Waals surface area contributed by atoms with Crippen LogP contribution in [-0.4, -0.2) is 10.7 Å². The number of nitrogens with zero attached hydrogens (tertiary/aromatic N) is 1. The molecule has 0 bridgehead atoms. The Kier molecular flexibility index (Phi) is 5.20. The Morgan fingerprint density at radius 1 is 1.04 bits per heavy atom. The average molecular weight is 352 g/mol. The van der Waals surface area contributed by atoms with Crippen molar-refractivity contribution < 1.29 is 9.72 Å². The van der Waals surface area contributed by atoms with Gasteiger partial charge < -0.3 is 5.32 Å². The third-order valence-electron chi connectivity index (χ3n) is 3.81. The number of ketones is 1. The van der Waals surface area contributed by atoms with E-state index in [1.165, 1.54) is 23.5 Å². The van der Waals surface area contributed by atoms with Gasteiger partial charge in [0.25, 0.3) is 5.69 Å². The summed E-state index contributed by atoms with van der Waals surface area (Å²) in [5.74, 6) is 0.0678. The molecule has 0 amide bonds. The van der Waals surface area contributed by atoms with Gasteiger partial charge in [-0.05, 0) is 29.1 Å². The number of thiophene rings is 1. The first-order valence-corrected chi connectivity index (χ1v) is 8.64. The van der Waals surface area contributed by atoms with E-state index in [9.17, 15) is 14.9 Å². The Bertz CT molecular complexity index is 846. The Balaban J connectivity index is 1.81. The average Bonchev–Trinajstić information content (AvgIpc) is 3.17.